The van der Waals surface area contributed by atoms with E-state index in [1.54, 1.807) is 11.9 Å². The molecule has 1 aliphatic heterocycles. The number of hydrogen-bond acceptors (Lipinski definition) is 3. The van der Waals surface area contributed by atoms with Gasteiger partial charge >= 0.3 is 0 Å². The third-order valence-electron chi connectivity index (χ3n) is 4.58. The molecule has 0 bridgehead atoms. The Morgan fingerprint density at radius 2 is 1.85 bits per heavy atom. The normalized spacial score (nSPS) is 13.6. The lowest BCUT2D eigenvalue weighted by Crippen LogP contribution is -2.29. The lowest BCUT2D eigenvalue weighted by molar-refractivity contribution is -0.127. The number of rotatable bonds is 6. The van der Waals surface area contributed by atoms with Crippen LogP contribution in [-0.4, -0.2) is 47.5 Å². The fourth-order valence-corrected chi connectivity index (χ4v) is 4.31. The molecule has 1 saturated heterocycles. The summed E-state index contributed by atoms with van der Waals surface area (Å²) in [5, 5.41) is 0.657. The second kappa shape index (κ2) is 9.29. The SMILES string of the molecule is CN(Cc1cccc(Cl)c1)C(=O)c1ccccc1SCC(=O)N1CCCC1. The first-order valence-electron chi connectivity index (χ1n) is 9.04. The number of thioether (sulfide) groups is 1. The van der Waals surface area contributed by atoms with Crippen LogP contribution in [0, 0.1) is 0 Å². The molecule has 0 aromatic heterocycles. The summed E-state index contributed by atoms with van der Waals surface area (Å²) in [6.45, 7) is 2.18. The molecule has 2 amide bonds. The van der Waals surface area contributed by atoms with Crippen LogP contribution in [0.2, 0.25) is 5.02 Å². The van der Waals surface area contributed by atoms with Gasteiger partial charge in [-0.1, -0.05) is 35.9 Å². The van der Waals surface area contributed by atoms with E-state index in [1.807, 2.05) is 53.4 Å². The molecule has 2 aromatic carbocycles. The molecule has 3 rings (SSSR count). The Hall–Kier alpha value is -1.98. The number of carbonyl (C=O) groups excluding carboxylic acids is 2. The number of benzene rings is 2. The third-order valence-corrected chi connectivity index (χ3v) is 5.88. The van der Waals surface area contributed by atoms with E-state index in [0.29, 0.717) is 22.9 Å². The van der Waals surface area contributed by atoms with Crippen molar-refractivity contribution < 1.29 is 9.59 Å². The summed E-state index contributed by atoms with van der Waals surface area (Å²) in [7, 11) is 1.78. The fourth-order valence-electron chi connectivity index (χ4n) is 3.15. The topological polar surface area (TPSA) is 40.6 Å². The molecule has 0 spiro atoms. The maximum Gasteiger partial charge on any atom is 0.255 e. The van der Waals surface area contributed by atoms with Gasteiger partial charge in [-0.25, -0.2) is 0 Å². The van der Waals surface area contributed by atoms with Crippen molar-refractivity contribution >= 4 is 35.2 Å². The van der Waals surface area contributed by atoms with Crippen LogP contribution in [0.4, 0.5) is 0 Å². The molecular weight excluding hydrogens is 380 g/mol. The van der Waals surface area contributed by atoms with Crippen molar-refractivity contribution in [3.63, 3.8) is 0 Å². The zero-order chi connectivity index (χ0) is 19.2. The third kappa shape index (κ3) is 5.27. The van der Waals surface area contributed by atoms with E-state index >= 15 is 0 Å². The largest absolute Gasteiger partial charge is 0.342 e. The van der Waals surface area contributed by atoms with Crippen LogP contribution in [0.15, 0.2) is 53.4 Å². The number of nitrogens with zero attached hydrogens (tertiary/aromatic N) is 2. The molecule has 0 saturated carbocycles. The second-order valence-corrected chi connectivity index (χ2v) is 8.12. The van der Waals surface area contributed by atoms with Gasteiger partial charge in [-0.3, -0.25) is 9.59 Å². The van der Waals surface area contributed by atoms with Crippen molar-refractivity contribution in [1.29, 1.82) is 0 Å². The van der Waals surface area contributed by atoms with Gasteiger partial charge in [-0.15, -0.1) is 11.8 Å². The Kier molecular flexibility index (Phi) is 6.80. The average molecular weight is 403 g/mol. The number of halogens is 1. The highest BCUT2D eigenvalue weighted by Gasteiger charge is 2.20. The molecule has 1 heterocycles. The van der Waals surface area contributed by atoms with Crippen molar-refractivity contribution in [3.8, 4) is 0 Å². The van der Waals surface area contributed by atoms with E-state index in [1.165, 1.54) is 11.8 Å². The molecule has 27 heavy (non-hydrogen) atoms. The van der Waals surface area contributed by atoms with Gasteiger partial charge in [0.2, 0.25) is 5.91 Å². The van der Waals surface area contributed by atoms with Crippen LogP contribution in [-0.2, 0) is 11.3 Å². The van der Waals surface area contributed by atoms with Crippen LogP contribution in [0.5, 0.6) is 0 Å². The van der Waals surface area contributed by atoms with Gasteiger partial charge in [0.05, 0.1) is 11.3 Å². The van der Waals surface area contributed by atoms with E-state index in [4.69, 9.17) is 11.6 Å². The number of carbonyl (C=O) groups is 2. The first-order valence-corrected chi connectivity index (χ1v) is 10.4. The smallest absolute Gasteiger partial charge is 0.255 e. The monoisotopic (exact) mass is 402 g/mol. The predicted octanol–water partition coefficient (Wildman–Crippen LogP) is 4.33. The van der Waals surface area contributed by atoms with Gasteiger partial charge < -0.3 is 9.80 Å². The minimum atomic E-state index is -0.0632. The molecule has 0 aliphatic carbocycles. The second-order valence-electron chi connectivity index (χ2n) is 6.66. The molecule has 0 atom stereocenters. The van der Waals surface area contributed by atoms with Gasteiger partial charge in [0.25, 0.3) is 5.91 Å². The van der Waals surface area contributed by atoms with Gasteiger partial charge in [-0.05, 0) is 42.7 Å². The zero-order valence-electron chi connectivity index (χ0n) is 15.4. The number of likely N-dealkylation sites (tertiary alicyclic amines) is 1. The van der Waals surface area contributed by atoms with E-state index in [2.05, 4.69) is 0 Å². The van der Waals surface area contributed by atoms with Crippen molar-refractivity contribution in [1.82, 2.24) is 9.80 Å². The lowest BCUT2D eigenvalue weighted by atomic mass is 10.1. The molecule has 4 nitrogen and oxygen atoms in total. The van der Waals surface area contributed by atoms with E-state index in [9.17, 15) is 9.59 Å². The number of amides is 2. The van der Waals surface area contributed by atoms with Crippen LogP contribution in [0.25, 0.3) is 0 Å². The van der Waals surface area contributed by atoms with Crippen LogP contribution >= 0.6 is 23.4 Å². The fraction of sp³-hybridized carbons (Fsp3) is 0.333. The van der Waals surface area contributed by atoms with Crippen molar-refractivity contribution in [2.75, 3.05) is 25.9 Å². The van der Waals surface area contributed by atoms with E-state index < -0.39 is 0 Å². The molecule has 142 valence electrons. The van der Waals surface area contributed by atoms with Crippen LogP contribution < -0.4 is 0 Å². The Bertz CT molecular complexity index is 821. The minimum Gasteiger partial charge on any atom is -0.342 e. The summed E-state index contributed by atoms with van der Waals surface area (Å²) in [4.78, 5) is 29.7. The maximum absolute atomic E-state index is 12.9. The molecule has 0 unspecified atom stereocenters. The summed E-state index contributed by atoms with van der Waals surface area (Å²) in [5.41, 5.74) is 1.61. The van der Waals surface area contributed by atoms with E-state index in [0.717, 1.165) is 36.4 Å². The quantitative estimate of drug-likeness (QED) is 0.675. The van der Waals surface area contributed by atoms with Crippen LogP contribution in [0.3, 0.4) is 0 Å². The maximum atomic E-state index is 12.9. The number of hydrogen-bond donors (Lipinski definition) is 0. The summed E-state index contributed by atoms with van der Waals surface area (Å²) >= 11 is 7.47. The summed E-state index contributed by atoms with van der Waals surface area (Å²) < 4.78 is 0. The summed E-state index contributed by atoms with van der Waals surface area (Å²) in [5.74, 6) is 0.446. The van der Waals surface area contributed by atoms with Crippen molar-refractivity contribution in [2.45, 2.75) is 24.3 Å². The summed E-state index contributed by atoms with van der Waals surface area (Å²) in [6.07, 6.45) is 2.17. The summed E-state index contributed by atoms with van der Waals surface area (Å²) in [6, 6.07) is 15.0. The Balaban J connectivity index is 1.66. The highest BCUT2D eigenvalue weighted by atomic mass is 35.5. The first-order chi connectivity index (χ1) is 13.0. The highest BCUT2D eigenvalue weighted by Crippen LogP contribution is 2.25. The van der Waals surface area contributed by atoms with Crippen LogP contribution in [0.1, 0.15) is 28.8 Å². The lowest BCUT2D eigenvalue weighted by Gasteiger charge is -2.20. The molecule has 0 radical (unpaired) electrons. The molecule has 6 heteroatoms. The van der Waals surface area contributed by atoms with Gasteiger partial charge in [0, 0.05) is 36.6 Å². The van der Waals surface area contributed by atoms with Crippen molar-refractivity contribution in [2.24, 2.45) is 0 Å². The molecular formula is C21H23ClN2O2S. The van der Waals surface area contributed by atoms with Gasteiger partial charge in [0.15, 0.2) is 0 Å². The average Bonchev–Trinajstić information content (AvgIpc) is 3.20. The molecule has 0 N–H and O–H groups in total. The first kappa shape index (κ1) is 19.8. The standard InChI is InChI=1S/C21H23ClN2O2S/c1-23(14-16-7-6-8-17(22)13-16)21(26)18-9-2-3-10-19(18)27-15-20(25)24-11-4-5-12-24/h2-3,6-10,13H,4-5,11-12,14-15H2,1H3. The molecule has 1 fully saturated rings. The van der Waals surface area contributed by atoms with E-state index in [-0.39, 0.29) is 11.8 Å². The van der Waals surface area contributed by atoms with Crippen molar-refractivity contribution in [3.05, 3.63) is 64.7 Å². The molecule has 1 aliphatic rings. The molecule has 2 aromatic rings. The Morgan fingerprint density at radius 1 is 1.11 bits per heavy atom. The highest BCUT2D eigenvalue weighted by molar-refractivity contribution is 8.00. The Morgan fingerprint density at radius 3 is 2.59 bits per heavy atom. The minimum absolute atomic E-state index is 0.0632. The Labute approximate surface area is 169 Å². The zero-order valence-corrected chi connectivity index (χ0v) is 16.9. The predicted molar refractivity (Wildman–Crippen MR) is 110 cm³/mol. The van der Waals surface area contributed by atoms with Gasteiger partial charge in [-0.2, -0.15) is 0 Å². The van der Waals surface area contributed by atoms with Gasteiger partial charge in [0.1, 0.15) is 0 Å².